The second kappa shape index (κ2) is 6.97. The van der Waals surface area contributed by atoms with Crippen molar-refractivity contribution in [2.75, 3.05) is 0 Å². The van der Waals surface area contributed by atoms with Gasteiger partial charge < -0.3 is 9.84 Å². The first-order valence-electron chi connectivity index (χ1n) is 9.37. The van der Waals surface area contributed by atoms with Gasteiger partial charge in [0.15, 0.2) is 0 Å². The van der Waals surface area contributed by atoms with E-state index in [1.165, 1.54) is 5.56 Å². The minimum absolute atomic E-state index is 0.0443. The monoisotopic (exact) mass is 424 g/mol. The van der Waals surface area contributed by atoms with Crippen molar-refractivity contribution in [2.24, 2.45) is 5.10 Å². The lowest BCUT2D eigenvalue weighted by Crippen LogP contribution is -2.33. The lowest BCUT2D eigenvalue weighted by Gasteiger charge is -2.38. The van der Waals surface area contributed by atoms with Gasteiger partial charge in [-0.05, 0) is 48.9 Å². The van der Waals surface area contributed by atoms with Gasteiger partial charge >= 0.3 is 0 Å². The number of halogens is 2. The Kier molecular flexibility index (Phi) is 4.41. The summed E-state index contributed by atoms with van der Waals surface area (Å²) in [7, 11) is 0. The van der Waals surface area contributed by atoms with E-state index in [-0.39, 0.29) is 11.8 Å². The van der Waals surface area contributed by atoms with Crippen LogP contribution < -0.4 is 4.74 Å². The van der Waals surface area contributed by atoms with Crippen molar-refractivity contribution in [1.82, 2.24) is 5.01 Å². The summed E-state index contributed by atoms with van der Waals surface area (Å²) in [5.41, 5.74) is 4.81. The Morgan fingerprint density at radius 3 is 2.41 bits per heavy atom. The Bertz CT molecular complexity index is 1130. The number of benzene rings is 3. The molecular weight excluding hydrogens is 407 g/mol. The van der Waals surface area contributed by atoms with Crippen molar-refractivity contribution < 1.29 is 9.84 Å². The van der Waals surface area contributed by atoms with E-state index in [2.05, 4.69) is 31.2 Å². The number of fused-ring (bicyclic) bond motifs is 3. The third-order valence-corrected chi connectivity index (χ3v) is 5.86. The van der Waals surface area contributed by atoms with E-state index in [0.29, 0.717) is 15.6 Å². The maximum atomic E-state index is 10.5. The van der Waals surface area contributed by atoms with E-state index in [0.717, 1.165) is 29.0 Å². The lowest BCUT2D eigenvalue weighted by molar-refractivity contribution is -0.0203. The van der Waals surface area contributed by atoms with Crippen LogP contribution in [0.15, 0.2) is 65.8 Å². The third kappa shape index (κ3) is 3.22. The van der Waals surface area contributed by atoms with Crippen LogP contribution in [0.4, 0.5) is 0 Å². The van der Waals surface area contributed by atoms with Gasteiger partial charge in [-0.1, -0.05) is 53.0 Å². The predicted molar refractivity (Wildman–Crippen MR) is 115 cm³/mol. The van der Waals surface area contributed by atoms with Gasteiger partial charge in [0.25, 0.3) is 0 Å². The fourth-order valence-corrected chi connectivity index (χ4v) is 4.27. The molecule has 0 saturated carbocycles. The molecule has 4 nitrogen and oxygen atoms in total. The SMILES string of the molecule is Cc1ccc(C2=NN3[C@H](C2)c2cc(Cl)ccc2O[C@H]3c2cc(Cl)ccc2O)cc1. The number of aromatic hydroxyl groups is 1. The standard InChI is InChI=1S/C23H18Cl2N2O2/c1-13-2-4-14(5-3-13)19-12-20-17-10-16(25)7-9-22(17)29-23(27(20)26-19)18-11-15(24)6-8-21(18)28/h2-11,20,23,28H,12H2,1H3/t20-,23+/m1/s1. The normalized spacial score (nSPS) is 20.0. The molecule has 3 aromatic rings. The molecule has 1 N–H and O–H groups in total. The van der Waals surface area contributed by atoms with Crippen LogP contribution in [0.1, 0.15) is 40.9 Å². The van der Waals surface area contributed by atoms with Crippen LogP contribution in [0.25, 0.3) is 0 Å². The summed E-state index contributed by atoms with van der Waals surface area (Å²) in [5.74, 6) is 0.856. The second-order valence-corrected chi connectivity index (χ2v) is 8.24. The summed E-state index contributed by atoms with van der Waals surface area (Å²) < 4.78 is 6.27. The number of ether oxygens (including phenoxy) is 1. The molecule has 29 heavy (non-hydrogen) atoms. The summed E-state index contributed by atoms with van der Waals surface area (Å²) >= 11 is 12.5. The highest BCUT2D eigenvalue weighted by Crippen LogP contribution is 2.49. The topological polar surface area (TPSA) is 45.1 Å². The largest absolute Gasteiger partial charge is 0.507 e. The molecule has 0 spiro atoms. The van der Waals surface area contributed by atoms with E-state index in [9.17, 15) is 5.11 Å². The Morgan fingerprint density at radius 2 is 1.66 bits per heavy atom. The molecule has 6 heteroatoms. The highest BCUT2D eigenvalue weighted by molar-refractivity contribution is 6.31. The molecule has 2 atom stereocenters. The van der Waals surface area contributed by atoms with Crippen LogP contribution >= 0.6 is 23.2 Å². The quantitative estimate of drug-likeness (QED) is 0.528. The van der Waals surface area contributed by atoms with Crippen molar-refractivity contribution in [3.05, 3.63) is 93.0 Å². The number of phenolic OH excluding ortho intramolecular Hbond substituents is 1. The average molecular weight is 425 g/mol. The maximum absolute atomic E-state index is 10.5. The molecule has 2 heterocycles. The van der Waals surface area contributed by atoms with Gasteiger partial charge in [-0.2, -0.15) is 5.10 Å². The summed E-state index contributed by atoms with van der Waals surface area (Å²) in [4.78, 5) is 0. The number of rotatable bonds is 2. The summed E-state index contributed by atoms with van der Waals surface area (Å²) in [6, 6.07) is 18.8. The smallest absolute Gasteiger partial charge is 0.217 e. The number of phenols is 1. The first-order valence-corrected chi connectivity index (χ1v) is 10.1. The van der Waals surface area contributed by atoms with Crippen molar-refractivity contribution >= 4 is 28.9 Å². The lowest BCUT2D eigenvalue weighted by atomic mass is 9.95. The van der Waals surface area contributed by atoms with Gasteiger partial charge in [0, 0.05) is 22.0 Å². The molecule has 0 aromatic heterocycles. The van der Waals surface area contributed by atoms with Crippen LogP contribution in [0.3, 0.4) is 0 Å². The zero-order valence-corrected chi connectivity index (χ0v) is 17.2. The van der Waals surface area contributed by atoms with Crippen LogP contribution in [0.5, 0.6) is 11.5 Å². The first-order chi connectivity index (χ1) is 14.0. The summed E-state index contributed by atoms with van der Waals surface area (Å²) in [6.45, 7) is 2.06. The van der Waals surface area contributed by atoms with Crippen LogP contribution in [-0.4, -0.2) is 15.8 Å². The van der Waals surface area contributed by atoms with Gasteiger partial charge in [0.2, 0.25) is 6.23 Å². The molecule has 0 saturated heterocycles. The number of hydrazone groups is 1. The Hall–Kier alpha value is -2.69. The number of nitrogens with zero attached hydrogens (tertiary/aromatic N) is 2. The van der Waals surface area contributed by atoms with Crippen LogP contribution in [-0.2, 0) is 0 Å². The highest BCUT2D eigenvalue weighted by Gasteiger charge is 2.42. The molecule has 0 bridgehead atoms. The van der Waals surface area contributed by atoms with E-state index in [4.69, 9.17) is 33.0 Å². The number of hydrogen-bond acceptors (Lipinski definition) is 4. The molecule has 146 valence electrons. The average Bonchev–Trinajstić information content (AvgIpc) is 3.16. The maximum Gasteiger partial charge on any atom is 0.217 e. The number of aryl methyl sites for hydroxylation is 1. The molecule has 0 radical (unpaired) electrons. The molecule has 0 aliphatic carbocycles. The minimum atomic E-state index is -0.588. The summed E-state index contributed by atoms with van der Waals surface area (Å²) in [6.07, 6.45) is 0.132. The fourth-order valence-electron chi connectivity index (χ4n) is 3.91. The van der Waals surface area contributed by atoms with Gasteiger partial charge in [-0.3, -0.25) is 0 Å². The van der Waals surface area contributed by atoms with Gasteiger partial charge in [0.1, 0.15) is 11.5 Å². The van der Waals surface area contributed by atoms with Gasteiger partial charge in [-0.25, -0.2) is 5.01 Å². The third-order valence-electron chi connectivity index (χ3n) is 5.39. The Labute approximate surface area is 178 Å². The van der Waals surface area contributed by atoms with Crippen LogP contribution in [0.2, 0.25) is 10.0 Å². The molecule has 0 unspecified atom stereocenters. The van der Waals surface area contributed by atoms with Crippen molar-refractivity contribution in [3.8, 4) is 11.5 Å². The van der Waals surface area contributed by atoms with Crippen LogP contribution in [0, 0.1) is 6.92 Å². The zero-order chi connectivity index (χ0) is 20.1. The van der Waals surface area contributed by atoms with Gasteiger partial charge in [0.05, 0.1) is 17.3 Å². The van der Waals surface area contributed by atoms with E-state index in [1.54, 1.807) is 18.2 Å². The second-order valence-electron chi connectivity index (χ2n) is 7.37. The Balaban J connectivity index is 1.63. The molecule has 0 fully saturated rings. The molecule has 5 rings (SSSR count). The van der Waals surface area contributed by atoms with E-state index >= 15 is 0 Å². The van der Waals surface area contributed by atoms with Crippen molar-refractivity contribution in [1.29, 1.82) is 0 Å². The molecule has 2 aliphatic rings. The predicted octanol–water partition coefficient (Wildman–Crippen LogP) is 6.25. The Morgan fingerprint density at radius 1 is 0.966 bits per heavy atom. The van der Waals surface area contributed by atoms with Crippen molar-refractivity contribution in [2.45, 2.75) is 25.6 Å². The fraction of sp³-hybridized carbons (Fsp3) is 0.174. The molecular formula is C23H18Cl2N2O2. The van der Waals surface area contributed by atoms with Crippen molar-refractivity contribution in [3.63, 3.8) is 0 Å². The van der Waals surface area contributed by atoms with E-state index < -0.39 is 6.23 Å². The molecule has 2 aliphatic heterocycles. The number of hydrogen-bond donors (Lipinski definition) is 1. The first kappa shape index (κ1) is 18.3. The van der Waals surface area contributed by atoms with Gasteiger partial charge in [-0.15, -0.1) is 0 Å². The zero-order valence-electron chi connectivity index (χ0n) is 15.6. The minimum Gasteiger partial charge on any atom is -0.507 e. The molecule has 3 aromatic carbocycles. The van der Waals surface area contributed by atoms with E-state index in [1.807, 2.05) is 23.2 Å². The molecule has 0 amide bonds. The summed E-state index contributed by atoms with van der Waals surface area (Å²) in [5, 5.41) is 18.5. The highest BCUT2D eigenvalue weighted by atomic mass is 35.5.